The Hall–Kier alpha value is -2.04. The molecule has 0 spiro atoms. The van der Waals surface area contributed by atoms with Crippen LogP contribution in [0.15, 0.2) is 30.3 Å². The second kappa shape index (κ2) is 7.49. The lowest BCUT2D eigenvalue weighted by molar-refractivity contribution is -0.128. The van der Waals surface area contributed by atoms with Crippen molar-refractivity contribution in [2.45, 2.75) is 38.1 Å². The number of likely N-dealkylation sites (tertiary alicyclic amines) is 1. The highest BCUT2D eigenvalue weighted by Crippen LogP contribution is 2.25. The van der Waals surface area contributed by atoms with Gasteiger partial charge in [0, 0.05) is 26.1 Å². The molecule has 0 aromatic heterocycles. The number of rotatable bonds is 6. The van der Waals surface area contributed by atoms with Gasteiger partial charge in [0.1, 0.15) is 0 Å². The molecule has 1 saturated carbocycles. The second-order valence-corrected chi connectivity index (χ2v) is 6.56. The molecular weight excluding hydrogens is 290 g/mol. The van der Waals surface area contributed by atoms with E-state index in [-0.39, 0.29) is 18.0 Å². The Labute approximate surface area is 137 Å². The Kier molecular flexibility index (Phi) is 5.16. The van der Waals surface area contributed by atoms with Crippen LogP contribution in [-0.4, -0.2) is 36.5 Å². The summed E-state index contributed by atoms with van der Waals surface area (Å²) in [5, 5.41) is 6.01. The van der Waals surface area contributed by atoms with E-state index in [1.165, 1.54) is 19.3 Å². The van der Waals surface area contributed by atoms with Gasteiger partial charge in [-0.25, -0.2) is 4.79 Å². The minimum Gasteiger partial charge on any atom is -0.340 e. The van der Waals surface area contributed by atoms with Gasteiger partial charge in [-0.1, -0.05) is 36.8 Å². The topological polar surface area (TPSA) is 61.4 Å². The van der Waals surface area contributed by atoms with E-state index < -0.39 is 0 Å². The molecule has 2 aliphatic rings. The molecule has 1 aromatic carbocycles. The first-order valence-electron chi connectivity index (χ1n) is 8.59. The van der Waals surface area contributed by atoms with E-state index in [2.05, 4.69) is 10.6 Å². The van der Waals surface area contributed by atoms with Gasteiger partial charge >= 0.3 is 6.03 Å². The van der Waals surface area contributed by atoms with Gasteiger partial charge in [0.15, 0.2) is 0 Å². The van der Waals surface area contributed by atoms with Gasteiger partial charge in [-0.05, 0) is 30.7 Å². The van der Waals surface area contributed by atoms with E-state index in [9.17, 15) is 9.59 Å². The van der Waals surface area contributed by atoms with Crippen molar-refractivity contribution >= 4 is 11.9 Å². The molecule has 2 fully saturated rings. The monoisotopic (exact) mass is 315 g/mol. The van der Waals surface area contributed by atoms with Gasteiger partial charge in [-0.15, -0.1) is 0 Å². The Morgan fingerprint density at radius 3 is 2.61 bits per heavy atom. The van der Waals surface area contributed by atoms with Gasteiger partial charge in [-0.3, -0.25) is 4.79 Å². The summed E-state index contributed by atoms with van der Waals surface area (Å²) in [5.41, 5.74) is 1.03. The summed E-state index contributed by atoms with van der Waals surface area (Å²) < 4.78 is 0. The highest BCUT2D eigenvalue weighted by molar-refractivity contribution is 5.78. The molecule has 1 aliphatic heterocycles. The van der Waals surface area contributed by atoms with Crippen LogP contribution in [0.2, 0.25) is 0 Å². The number of hydrogen-bond acceptors (Lipinski definition) is 2. The van der Waals surface area contributed by atoms with Crippen LogP contribution in [-0.2, 0) is 4.79 Å². The number of hydrogen-bond donors (Lipinski definition) is 2. The average molecular weight is 315 g/mol. The molecule has 5 nitrogen and oxygen atoms in total. The highest BCUT2D eigenvalue weighted by Gasteiger charge is 2.25. The second-order valence-electron chi connectivity index (χ2n) is 6.56. The molecule has 0 bridgehead atoms. The number of urea groups is 1. The third kappa shape index (κ3) is 4.24. The predicted octanol–water partition coefficient (Wildman–Crippen LogP) is 2.45. The van der Waals surface area contributed by atoms with Crippen molar-refractivity contribution in [2.75, 3.05) is 19.6 Å². The molecule has 0 radical (unpaired) electrons. The molecular formula is C18H25N3O2. The first kappa shape index (κ1) is 15.8. The third-order valence-corrected chi connectivity index (χ3v) is 4.86. The number of nitrogens with one attached hydrogen (secondary N) is 2. The zero-order chi connectivity index (χ0) is 16.1. The summed E-state index contributed by atoms with van der Waals surface area (Å²) in [4.78, 5) is 25.9. The summed E-state index contributed by atoms with van der Waals surface area (Å²) in [5.74, 6) is 0.818. The lowest BCUT2D eigenvalue weighted by atomic mass is 9.85. The van der Waals surface area contributed by atoms with Crippen molar-refractivity contribution in [2.24, 2.45) is 5.92 Å². The quantitative estimate of drug-likeness (QED) is 0.847. The largest absolute Gasteiger partial charge is 0.340 e. The molecule has 3 amide bonds. The van der Waals surface area contributed by atoms with Crippen LogP contribution in [0.1, 0.15) is 43.7 Å². The highest BCUT2D eigenvalue weighted by atomic mass is 16.2. The van der Waals surface area contributed by atoms with Crippen molar-refractivity contribution in [3.05, 3.63) is 35.9 Å². The van der Waals surface area contributed by atoms with Crippen LogP contribution in [0.4, 0.5) is 4.79 Å². The average Bonchev–Trinajstić information content (AvgIpc) is 2.91. The minimum absolute atomic E-state index is 0.141. The number of carbonyl (C=O) groups excluding carboxylic acids is 2. The maximum Gasteiger partial charge on any atom is 0.315 e. The Balaban J connectivity index is 1.59. The first-order valence-corrected chi connectivity index (χ1v) is 8.59. The summed E-state index contributed by atoms with van der Waals surface area (Å²) in [6.45, 7) is 2.07. The van der Waals surface area contributed by atoms with Crippen molar-refractivity contribution < 1.29 is 9.59 Å². The molecule has 3 rings (SSSR count). The zero-order valence-electron chi connectivity index (χ0n) is 13.5. The van der Waals surface area contributed by atoms with Gasteiger partial charge in [0.25, 0.3) is 0 Å². The van der Waals surface area contributed by atoms with Crippen molar-refractivity contribution in [3.8, 4) is 0 Å². The van der Waals surface area contributed by atoms with Gasteiger partial charge in [0.05, 0.1) is 6.04 Å². The van der Waals surface area contributed by atoms with Gasteiger partial charge in [-0.2, -0.15) is 0 Å². The molecule has 2 N–H and O–H groups in total. The Morgan fingerprint density at radius 1 is 1.22 bits per heavy atom. The van der Waals surface area contributed by atoms with Crippen LogP contribution in [0.3, 0.4) is 0 Å². The van der Waals surface area contributed by atoms with E-state index >= 15 is 0 Å². The maximum absolute atomic E-state index is 12.2. The lowest BCUT2D eigenvalue weighted by Crippen LogP contribution is -2.44. The van der Waals surface area contributed by atoms with E-state index in [1.54, 1.807) is 0 Å². The third-order valence-electron chi connectivity index (χ3n) is 4.86. The SMILES string of the molecule is O=C(NCC1CCC1)N[C@@H](CN1CCCC1=O)c1ccccc1. The van der Waals surface area contributed by atoms with Crippen LogP contribution in [0, 0.1) is 5.92 Å². The predicted molar refractivity (Wildman–Crippen MR) is 88.9 cm³/mol. The van der Waals surface area contributed by atoms with Crippen LogP contribution >= 0.6 is 0 Å². The molecule has 124 valence electrons. The summed E-state index contributed by atoms with van der Waals surface area (Å²) in [6.07, 6.45) is 5.23. The standard InChI is InChI=1S/C18H25N3O2/c22-17-10-5-11-21(17)13-16(15-8-2-1-3-9-15)20-18(23)19-12-14-6-4-7-14/h1-3,8-9,14,16H,4-7,10-13H2,(H2,19,20,23)/t16-/m0/s1. The van der Waals surface area contributed by atoms with Gasteiger partial charge in [0.2, 0.25) is 5.91 Å². The molecule has 1 aromatic rings. The molecule has 1 atom stereocenters. The summed E-state index contributed by atoms with van der Waals surface area (Å²) in [6, 6.07) is 9.56. The fraction of sp³-hybridized carbons (Fsp3) is 0.556. The maximum atomic E-state index is 12.2. The Morgan fingerprint density at radius 2 is 2.00 bits per heavy atom. The van der Waals surface area contributed by atoms with Crippen molar-refractivity contribution in [3.63, 3.8) is 0 Å². The molecule has 1 saturated heterocycles. The number of amides is 3. The van der Waals surface area contributed by atoms with E-state index in [0.29, 0.717) is 18.9 Å². The number of benzene rings is 1. The van der Waals surface area contributed by atoms with Crippen LogP contribution in [0.5, 0.6) is 0 Å². The first-order chi connectivity index (χ1) is 11.2. The normalized spacial score (nSPS) is 19.3. The Bertz CT molecular complexity index is 542. The van der Waals surface area contributed by atoms with E-state index in [0.717, 1.165) is 25.1 Å². The summed E-state index contributed by atoms with van der Waals surface area (Å²) in [7, 11) is 0. The lowest BCUT2D eigenvalue weighted by Gasteiger charge is -2.28. The summed E-state index contributed by atoms with van der Waals surface area (Å²) >= 11 is 0. The molecule has 0 unspecified atom stereocenters. The van der Waals surface area contributed by atoms with E-state index in [4.69, 9.17) is 0 Å². The number of nitrogens with zero attached hydrogens (tertiary/aromatic N) is 1. The van der Waals surface area contributed by atoms with E-state index in [1.807, 2.05) is 35.2 Å². The fourth-order valence-electron chi connectivity index (χ4n) is 3.18. The zero-order valence-corrected chi connectivity index (χ0v) is 13.5. The fourth-order valence-corrected chi connectivity index (χ4v) is 3.18. The van der Waals surface area contributed by atoms with Crippen LogP contribution in [0.25, 0.3) is 0 Å². The minimum atomic E-state index is -0.167. The van der Waals surface area contributed by atoms with Crippen LogP contribution < -0.4 is 10.6 Å². The molecule has 5 heteroatoms. The molecule has 1 heterocycles. The van der Waals surface area contributed by atoms with Crippen molar-refractivity contribution in [1.29, 1.82) is 0 Å². The molecule has 1 aliphatic carbocycles. The molecule has 23 heavy (non-hydrogen) atoms. The smallest absolute Gasteiger partial charge is 0.315 e. The number of carbonyl (C=O) groups is 2. The van der Waals surface area contributed by atoms with Gasteiger partial charge < -0.3 is 15.5 Å². The van der Waals surface area contributed by atoms with Crippen molar-refractivity contribution in [1.82, 2.24) is 15.5 Å².